The lowest BCUT2D eigenvalue weighted by Gasteiger charge is -2.19. The minimum absolute atomic E-state index is 0.0953. The third-order valence-corrected chi connectivity index (χ3v) is 7.21. The first-order valence-electron chi connectivity index (χ1n) is 10.7. The van der Waals surface area contributed by atoms with Crippen LogP contribution in [0.1, 0.15) is 43.9 Å². The highest BCUT2D eigenvalue weighted by Gasteiger charge is 2.16. The number of carbonyl (C=O) groups excluding carboxylic acids is 1. The van der Waals surface area contributed by atoms with Gasteiger partial charge >= 0.3 is 0 Å². The fraction of sp³-hybridized carbons (Fsp3) is 0.269. The van der Waals surface area contributed by atoms with Gasteiger partial charge in [-0.1, -0.05) is 62.7 Å². The topological polar surface area (TPSA) is 75.3 Å². The summed E-state index contributed by atoms with van der Waals surface area (Å²) >= 11 is 6.07. The van der Waals surface area contributed by atoms with Gasteiger partial charge in [0.15, 0.2) is 0 Å². The summed E-state index contributed by atoms with van der Waals surface area (Å²) in [6.45, 7) is 8.25. The van der Waals surface area contributed by atoms with Crippen LogP contribution < -0.4 is 10.0 Å². The van der Waals surface area contributed by atoms with Gasteiger partial charge in [-0.05, 0) is 71.8 Å². The van der Waals surface area contributed by atoms with Crippen molar-refractivity contribution in [2.24, 2.45) is 0 Å². The van der Waals surface area contributed by atoms with Gasteiger partial charge in [-0.3, -0.25) is 9.52 Å². The van der Waals surface area contributed by atoms with Crippen molar-refractivity contribution in [1.82, 2.24) is 0 Å². The summed E-state index contributed by atoms with van der Waals surface area (Å²) in [5, 5.41) is 3.31. The molecule has 0 fully saturated rings. The number of benzene rings is 3. The minimum Gasteiger partial charge on any atom is -0.326 e. The van der Waals surface area contributed by atoms with Crippen molar-refractivity contribution in [3.8, 4) is 0 Å². The van der Waals surface area contributed by atoms with Crippen molar-refractivity contribution < 1.29 is 13.2 Å². The third kappa shape index (κ3) is 6.59. The van der Waals surface area contributed by atoms with Crippen molar-refractivity contribution in [2.75, 3.05) is 10.0 Å². The molecule has 7 heteroatoms. The van der Waals surface area contributed by atoms with Crippen LogP contribution in [0.5, 0.6) is 0 Å². The Morgan fingerprint density at radius 2 is 1.58 bits per heavy atom. The van der Waals surface area contributed by atoms with Gasteiger partial charge < -0.3 is 5.32 Å². The van der Waals surface area contributed by atoms with Gasteiger partial charge in [-0.15, -0.1) is 0 Å². The minimum atomic E-state index is -3.78. The van der Waals surface area contributed by atoms with Crippen LogP contribution in [-0.2, 0) is 26.7 Å². The number of rotatable bonds is 7. The summed E-state index contributed by atoms with van der Waals surface area (Å²) in [5.41, 5.74) is 4.07. The summed E-state index contributed by atoms with van der Waals surface area (Å²) in [6.07, 6.45) is 0.968. The molecule has 3 rings (SSSR count). The van der Waals surface area contributed by atoms with Crippen LogP contribution in [0.4, 0.5) is 11.4 Å². The number of anilines is 2. The summed E-state index contributed by atoms with van der Waals surface area (Å²) in [6, 6.07) is 19.4. The van der Waals surface area contributed by atoms with Crippen LogP contribution in [0.15, 0.2) is 71.6 Å². The number of hydrogen-bond donors (Lipinski definition) is 2. The molecule has 0 radical (unpaired) electrons. The number of nitrogens with one attached hydrogen (secondary N) is 2. The molecule has 0 aromatic heterocycles. The molecule has 0 aliphatic carbocycles. The molecular weight excluding hydrogens is 456 g/mol. The van der Waals surface area contributed by atoms with E-state index in [1.807, 2.05) is 0 Å². The molecule has 2 N–H and O–H groups in total. The summed E-state index contributed by atoms with van der Waals surface area (Å²) in [7, 11) is -3.78. The molecule has 0 saturated carbocycles. The first kappa shape index (κ1) is 24.8. The van der Waals surface area contributed by atoms with Crippen LogP contribution in [0.25, 0.3) is 0 Å². The van der Waals surface area contributed by atoms with E-state index in [9.17, 15) is 13.2 Å². The zero-order valence-corrected chi connectivity index (χ0v) is 20.8. The van der Waals surface area contributed by atoms with Crippen molar-refractivity contribution in [1.29, 1.82) is 0 Å². The van der Waals surface area contributed by atoms with E-state index in [1.54, 1.807) is 37.3 Å². The maximum Gasteiger partial charge on any atom is 0.261 e. The molecule has 0 saturated heterocycles. The smallest absolute Gasteiger partial charge is 0.261 e. The van der Waals surface area contributed by atoms with E-state index in [1.165, 1.54) is 17.7 Å². The van der Waals surface area contributed by atoms with E-state index in [0.29, 0.717) is 34.8 Å². The zero-order valence-electron chi connectivity index (χ0n) is 19.3. The molecule has 174 valence electrons. The summed E-state index contributed by atoms with van der Waals surface area (Å²) in [5.74, 6) is -0.127. The molecule has 0 spiro atoms. The van der Waals surface area contributed by atoms with Crippen molar-refractivity contribution in [2.45, 2.75) is 50.8 Å². The highest BCUT2D eigenvalue weighted by molar-refractivity contribution is 7.92. The second-order valence-electron chi connectivity index (χ2n) is 9.04. The first-order valence-corrected chi connectivity index (χ1v) is 12.6. The molecule has 0 atom stereocenters. The predicted octanol–water partition coefficient (Wildman–Crippen LogP) is 6.32. The average molecular weight is 485 g/mol. The van der Waals surface area contributed by atoms with Gasteiger partial charge in [-0.25, -0.2) is 8.42 Å². The van der Waals surface area contributed by atoms with Gasteiger partial charge in [0.25, 0.3) is 10.0 Å². The zero-order chi connectivity index (χ0) is 24.2. The van der Waals surface area contributed by atoms with E-state index in [0.717, 1.165) is 5.56 Å². The average Bonchev–Trinajstić information content (AvgIpc) is 2.75. The highest BCUT2D eigenvalue weighted by Crippen LogP contribution is 2.26. The van der Waals surface area contributed by atoms with E-state index in [2.05, 4.69) is 55.1 Å². The Morgan fingerprint density at radius 1 is 0.939 bits per heavy atom. The molecule has 0 aliphatic heterocycles. The predicted molar refractivity (Wildman–Crippen MR) is 136 cm³/mol. The maximum atomic E-state index is 12.7. The molecule has 3 aromatic carbocycles. The van der Waals surface area contributed by atoms with Gasteiger partial charge in [0.1, 0.15) is 0 Å². The Hall–Kier alpha value is -2.83. The number of halogens is 1. The molecule has 0 aliphatic rings. The van der Waals surface area contributed by atoms with Crippen LogP contribution in [0.2, 0.25) is 5.02 Å². The highest BCUT2D eigenvalue weighted by atomic mass is 35.5. The fourth-order valence-corrected chi connectivity index (χ4v) is 4.59. The van der Waals surface area contributed by atoms with E-state index >= 15 is 0 Å². The molecular formula is C26H29ClN2O3S. The van der Waals surface area contributed by atoms with E-state index < -0.39 is 10.0 Å². The molecule has 0 heterocycles. The Labute approximate surface area is 201 Å². The molecule has 0 unspecified atom stereocenters. The van der Waals surface area contributed by atoms with Crippen LogP contribution >= 0.6 is 11.6 Å². The SMILES string of the molecule is Cc1c(Cl)cccc1NS(=O)(=O)c1ccc(NC(=O)CCc2ccc(C(C)(C)C)cc2)cc1. The quantitative estimate of drug-likeness (QED) is 0.412. The third-order valence-electron chi connectivity index (χ3n) is 5.42. The molecule has 1 amide bonds. The summed E-state index contributed by atoms with van der Waals surface area (Å²) in [4.78, 5) is 12.4. The normalized spacial score (nSPS) is 11.8. The number of sulfonamides is 1. The van der Waals surface area contributed by atoms with Crippen molar-refractivity contribution >= 4 is 38.9 Å². The Bertz CT molecular complexity index is 1230. The summed E-state index contributed by atoms with van der Waals surface area (Å²) < 4.78 is 28.0. The molecule has 0 bridgehead atoms. The number of hydrogen-bond acceptors (Lipinski definition) is 3. The van der Waals surface area contributed by atoms with Gasteiger partial charge in [0, 0.05) is 17.1 Å². The van der Waals surface area contributed by atoms with Gasteiger partial charge in [0.05, 0.1) is 10.6 Å². The monoisotopic (exact) mass is 484 g/mol. The van der Waals surface area contributed by atoms with E-state index in [4.69, 9.17) is 11.6 Å². The molecule has 33 heavy (non-hydrogen) atoms. The lowest BCUT2D eigenvalue weighted by Crippen LogP contribution is -2.15. The maximum absolute atomic E-state index is 12.7. The number of amides is 1. The molecule has 3 aromatic rings. The Balaban J connectivity index is 1.58. The lowest BCUT2D eigenvalue weighted by atomic mass is 9.86. The van der Waals surface area contributed by atoms with E-state index in [-0.39, 0.29) is 16.2 Å². The van der Waals surface area contributed by atoms with Crippen LogP contribution in [0, 0.1) is 6.92 Å². The number of aryl methyl sites for hydroxylation is 1. The molecule has 5 nitrogen and oxygen atoms in total. The lowest BCUT2D eigenvalue weighted by molar-refractivity contribution is -0.116. The second kappa shape index (κ2) is 9.98. The van der Waals surface area contributed by atoms with Crippen molar-refractivity contribution in [3.63, 3.8) is 0 Å². The Kier molecular flexibility index (Phi) is 7.50. The van der Waals surface area contributed by atoms with Gasteiger partial charge in [0.2, 0.25) is 5.91 Å². The largest absolute Gasteiger partial charge is 0.326 e. The standard InChI is InChI=1S/C26H29ClN2O3S/c1-18-23(27)6-5-7-24(18)29-33(31,32)22-15-13-21(14-16-22)28-25(30)17-10-19-8-11-20(12-9-19)26(2,3)4/h5-9,11-16,29H,10,17H2,1-4H3,(H,28,30). The first-order chi connectivity index (χ1) is 15.5. The number of carbonyl (C=O) groups is 1. The van der Waals surface area contributed by atoms with Gasteiger partial charge in [-0.2, -0.15) is 0 Å². The fourth-order valence-electron chi connectivity index (χ4n) is 3.29. The van der Waals surface area contributed by atoms with Crippen LogP contribution in [-0.4, -0.2) is 14.3 Å². The van der Waals surface area contributed by atoms with Crippen molar-refractivity contribution in [3.05, 3.63) is 88.4 Å². The second-order valence-corrected chi connectivity index (χ2v) is 11.1. The van der Waals surface area contributed by atoms with Crippen LogP contribution in [0.3, 0.4) is 0 Å². The Morgan fingerprint density at radius 3 is 2.18 bits per heavy atom.